The van der Waals surface area contributed by atoms with Crippen molar-refractivity contribution in [1.29, 1.82) is 0 Å². The molecule has 50 heavy (non-hydrogen) atoms. The van der Waals surface area contributed by atoms with Crippen LogP contribution in [0.5, 0.6) is 0 Å². The van der Waals surface area contributed by atoms with Crippen LogP contribution in [-0.4, -0.2) is 100 Å². The summed E-state index contributed by atoms with van der Waals surface area (Å²) in [4.78, 5) is 76.5. The first-order valence-electron chi connectivity index (χ1n) is 18.0. The molecule has 13 nitrogen and oxygen atoms in total. The number of hydrogen-bond acceptors (Lipinski definition) is 8. The first-order valence-corrected chi connectivity index (χ1v) is 18.0. The van der Waals surface area contributed by atoms with Gasteiger partial charge in [-0.2, -0.15) is 0 Å². The highest BCUT2D eigenvalue weighted by Gasteiger charge is 2.43. The van der Waals surface area contributed by atoms with Gasteiger partial charge in [-0.15, -0.1) is 0 Å². The number of amides is 5. The van der Waals surface area contributed by atoms with Gasteiger partial charge in [0.15, 0.2) is 0 Å². The molecule has 0 radical (unpaired) electrons. The van der Waals surface area contributed by atoms with E-state index in [2.05, 4.69) is 16.1 Å². The number of fused-ring (bicyclic) bond motifs is 4. The van der Waals surface area contributed by atoms with Crippen LogP contribution in [0.3, 0.4) is 0 Å². The Hall–Kier alpha value is -4.52. The minimum atomic E-state index is -0.991. The van der Waals surface area contributed by atoms with Gasteiger partial charge in [0.2, 0.25) is 11.8 Å². The summed E-state index contributed by atoms with van der Waals surface area (Å²) in [7, 11) is 0. The van der Waals surface area contributed by atoms with Crippen molar-refractivity contribution in [2.75, 3.05) is 32.7 Å². The Morgan fingerprint density at radius 3 is 2.34 bits per heavy atom. The Kier molecular flexibility index (Phi) is 10.4. The standard InChI is InChI=1S/C37H49N7O6/c1-23(2)31-32(45)38-24(3)33(46)44-19-7-8-29(41-44)34(47)50-25(4)28-12-11-27-10-9-26(22-30(27)39-28)13-14-37(35(48)40-31)15-20-43(21-16-37)36(49)42-17-5-6-18-42/h9-14,22-25,29,31,41H,5-8,15-21H2,1-4H3,(H,38,45)(H,40,48)/b14-13+/t24-,25+,29?,31-/m0/s1. The van der Waals surface area contributed by atoms with Crippen molar-refractivity contribution in [3.8, 4) is 0 Å². The lowest BCUT2D eigenvalue weighted by Gasteiger charge is -2.41. The Morgan fingerprint density at radius 2 is 1.62 bits per heavy atom. The van der Waals surface area contributed by atoms with E-state index in [1.54, 1.807) is 13.8 Å². The van der Waals surface area contributed by atoms with E-state index >= 15 is 0 Å². The SMILES string of the molecule is CC(C)[C@@H]1NC(=O)C2(/C=C/c3ccc4ccc(nc4c3)[C@@H](C)OC(=O)C3CCCN(N3)C(=O)[C@H](C)NC1=O)CCN(C(=O)N1CCCC1)CC2. The third-order valence-electron chi connectivity index (χ3n) is 10.5. The van der Waals surface area contributed by atoms with Gasteiger partial charge in [0.25, 0.3) is 5.91 Å². The number of hydrazine groups is 1. The number of esters is 1. The predicted octanol–water partition coefficient (Wildman–Crippen LogP) is 3.30. The number of hydrogen-bond donors (Lipinski definition) is 3. The molecule has 3 saturated heterocycles. The Morgan fingerprint density at radius 1 is 0.920 bits per heavy atom. The van der Waals surface area contributed by atoms with E-state index in [1.807, 2.05) is 66.1 Å². The second kappa shape index (κ2) is 14.8. The van der Waals surface area contributed by atoms with E-state index in [-0.39, 0.29) is 17.9 Å². The number of cyclic esters (lactones) is 1. The molecule has 5 amide bonds. The lowest BCUT2D eigenvalue weighted by atomic mass is 9.76. The summed E-state index contributed by atoms with van der Waals surface area (Å²) in [5, 5.41) is 8.10. The van der Waals surface area contributed by atoms with Gasteiger partial charge in [-0.1, -0.05) is 44.2 Å². The third kappa shape index (κ3) is 7.47. The Labute approximate surface area is 293 Å². The maximum atomic E-state index is 14.4. The van der Waals surface area contributed by atoms with Crippen LogP contribution < -0.4 is 16.1 Å². The summed E-state index contributed by atoms with van der Waals surface area (Å²) in [6.07, 6.45) is 7.00. The quantitative estimate of drug-likeness (QED) is 0.386. The van der Waals surface area contributed by atoms with E-state index in [0.29, 0.717) is 56.5 Å². The largest absolute Gasteiger partial charge is 0.455 e. The van der Waals surface area contributed by atoms with Gasteiger partial charge in [-0.3, -0.25) is 24.2 Å². The highest BCUT2D eigenvalue weighted by molar-refractivity contribution is 5.94. The van der Waals surface area contributed by atoms with Crippen LogP contribution in [0.4, 0.5) is 4.79 Å². The molecule has 5 heterocycles. The van der Waals surface area contributed by atoms with Gasteiger partial charge < -0.3 is 25.2 Å². The number of aromatic nitrogens is 1. The molecule has 268 valence electrons. The van der Waals surface area contributed by atoms with Crippen LogP contribution in [0.2, 0.25) is 0 Å². The highest BCUT2D eigenvalue weighted by atomic mass is 16.5. The van der Waals surface area contributed by atoms with Gasteiger partial charge in [-0.05, 0) is 76.0 Å². The molecule has 2 aromatic rings. The molecule has 4 aliphatic heterocycles. The average Bonchev–Trinajstić information content (AvgIpc) is 3.67. The van der Waals surface area contributed by atoms with Crippen LogP contribution in [0.1, 0.15) is 83.6 Å². The molecule has 4 atom stereocenters. The zero-order valence-corrected chi connectivity index (χ0v) is 29.4. The van der Waals surface area contributed by atoms with Crippen molar-refractivity contribution in [3.05, 3.63) is 47.7 Å². The molecule has 3 N–H and O–H groups in total. The number of nitrogens with one attached hydrogen (secondary N) is 3. The molecule has 13 heteroatoms. The van der Waals surface area contributed by atoms with E-state index in [4.69, 9.17) is 9.72 Å². The predicted molar refractivity (Wildman–Crippen MR) is 187 cm³/mol. The molecule has 5 bridgehead atoms. The molecule has 3 fully saturated rings. The zero-order chi connectivity index (χ0) is 35.6. The summed E-state index contributed by atoms with van der Waals surface area (Å²) in [6.45, 7) is 9.72. The number of carbonyl (C=O) groups excluding carboxylic acids is 5. The smallest absolute Gasteiger partial charge is 0.325 e. The molecule has 6 rings (SSSR count). The van der Waals surface area contributed by atoms with Gasteiger partial charge in [-0.25, -0.2) is 15.2 Å². The van der Waals surface area contributed by atoms with E-state index in [1.165, 1.54) is 5.01 Å². The highest BCUT2D eigenvalue weighted by Crippen LogP contribution is 2.36. The molecule has 1 aromatic carbocycles. The van der Waals surface area contributed by atoms with E-state index < -0.39 is 47.4 Å². The lowest BCUT2D eigenvalue weighted by molar-refractivity contribution is -0.157. The van der Waals surface area contributed by atoms with E-state index in [9.17, 15) is 24.0 Å². The van der Waals surface area contributed by atoms with Crippen molar-refractivity contribution in [2.45, 2.75) is 90.4 Å². The lowest BCUT2D eigenvalue weighted by Crippen LogP contribution is -2.61. The van der Waals surface area contributed by atoms with Crippen molar-refractivity contribution in [1.82, 2.24) is 35.9 Å². The van der Waals surface area contributed by atoms with E-state index in [0.717, 1.165) is 36.9 Å². The molecule has 4 aliphatic rings. The van der Waals surface area contributed by atoms with Gasteiger partial charge in [0, 0.05) is 38.1 Å². The summed E-state index contributed by atoms with van der Waals surface area (Å²) in [6, 6.07) is 7.05. The monoisotopic (exact) mass is 687 g/mol. The second-order valence-corrected chi connectivity index (χ2v) is 14.5. The fourth-order valence-electron chi connectivity index (χ4n) is 7.26. The number of piperidine rings is 1. The summed E-state index contributed by atoms with van der Waals surface area (Å²) >= 11 is 0. The maximum Gasteiger partial charge on any atom is 0.325 e. The van der Waals surface area contributed by atoms with Gasteiger partial charge >= 0.3 is 12.0 Å². The molecule has 0 aliphatic carbocycles. The first-order chi connectivity index (χ1) is 23.9. The van der Waals surface area contributed by atoms with Crippen LogP contribution in [0.15, 0.2) is 36.4 Å². The molecular formula is C37H49N7O6. The number of rotatable bonds is 1. The van der Waals surface area contributed by atoms with Crippen LogP contribution in [-0.2, 0) is 23.9 Å². The Balaban J connectivity index is 1.34. The minimum absolute atomic E-state index is 0.00775. The molecular weight excluding hydrogens is 638 g/mol. The fraction of sp³-hybridized carbons (Fsp3) is 0.568. The third-order valence-corrected chi connectivity index (χ3v) is 10.5. The molecule has 1 spiro atoms. The van der Waals surface area contributed by atoms with Crippen LogP contribution in [0.25, 0.3) is 17.0 Å². The minimum Gasteiger partial charge on any atom is -0.455 e. The first kappa shape index (κ1) is 35.3. The van der Waals surface area contributed by atoms with Crippen molar-refractivity contribution in [2.24, 2.45) is 11.3 Å². The molecule has 0 saturated carbocycles. The van der Waals surface area contributed by atoms with Crippen molar-refractivity contribution in [3.63, 3.8) is 0 Å². The number of nitrogens with zero attached hydrogens (tertiary/aromatic N) is 4. The van der Waals surface area contributed by atoms with Gasteiger partial charge in [0.1, 0.15) is 24.2 Å². The second-order valence-electron chi connectivity index (χ2n) is 14.5. The summed E-state index contributed by atoms with van der Waals surface area (Å²) in [5.74, 6) is -1.94. The van der Waals surface area contributed by atoms with Crippen LogP contribution >= 0.6 is 0 Å². The number of carbonyl (C=O) groups is 5. The molecule has 1 unspecified atom stereocenters. The average molecular weight is 688 g/mol. The fourth-order valence-corrected chi connectivity index (χ4v) is 7.26. The summed E-state index contributed by atoms with van der Waals surface area (Å²) in [5.41, 5.74) is 4.14. The maximum absolute atomic E-state index is 14.4. The van der Waals surface area contributed by atoms with Gasteiger partial charge in [0.05, 0.1) is 16.6 Å². The number of likely N-dealkylation sites (tertiary alicyclic amines) is 2. The number of pyridine rings is 1. The molecule has 1 aromatic heterocycles. The normalized spacial score (nSPS) is 27.3. The number of ether oxygens (including phenoxy) is 1. The Bertz CT molecular complexity index is 1660. The number of benzene rings is 1. The van der Waals surface area contributed by atoms with Crippen LogP contribution in [0, 0.1) is 11.3 Å². The van der Waals surface area contributed by atoms with Crippen molar-refractivity contribution >= 4 is 46.7 Å². The van der Waals surface area contributed by atoms with Crippen molar-refractivity contribution < 1.29 is 28.7 Å². The summed E-state index contributed by atoms with van der Waals surface area (Å²) < 4.78 is 5.82. The number of urea groups is 1. The topological polar surface area (TPSA) is 153 Å². The zero-order valence-electron chi connectivity index (χ0n) is 29.4.